The van der Waals surface area contributed by atoms with Crippen LogP contribution in [0.2, 0.25) is 0 Å². The van der Waals surface area contributed by atoms with Gasteiger partial charge in [0.2, 0.25) is 5.91 Å². The Bertz CT molecular complexity index is 800. The highest BCUT2D eigenvalue weighted by Crippen LogP contribution is 2.36. The number of benzene rings is 1. The van der Waals surface area contributed by atoms with Gasteiger partial charge in [-0.25, -0.2) is 4.39 Å². The summed E-state index contributed by atoms with van der Waals surface area (Å²) in [5.74, 6) is -0.157. The van der Waals surface area contributed by atoms with Crippen LogP contribution in [-0.2, 0) is 18.3 Å². The molecule has 2 aliphatic rings. The molecular weight excluding hydrogens is 307 g/mol. The summed E-state index contributed by atoms with van der Waals surface area (Å²) in [7, 11) is 1.91. The summed E-state index contributed by atoms with van der Waals surface area (Å²) in [6.07, 6.45) is 2.45. The van der Waals surface area contributed by atoms with Gasteiger partial charge < -0.3 is 10.2 Å². The van der Waals surface area contributed by atoms with Crippen LogP contribution < -0.4 is 10.2 Å². The number of rotatable bonds is 2. The molecule has 1 amide bonds. The highest BCUT2D eigenvalue weighted by Gasteiger charge is 2.40. The van der Waals surface area contributed by atoms with Gasteiger partial charge >= 0.3 is 0 Å². The van der Waals surface area contributed by atoms with Gasteiger partial charge in [0.15, 0.2) is 0 Å². The maximum atomic E-state index is 13.9. The molecule has 24 heavy (non-hydrogen) atoms. The predicted molar refractivity (Wildman–Crippen MR) is 89.5 cm³/mol. The fourth-order valence-electron chi connectivity index (χ4n) is 3.97. The zero-order chi connectivity index (χ0) is 16.8. The number of halogens is 1. The second kappa shape index (κ2) is 5.70. The number of aromatic nitrogens is 2. The maximum absolute atomic E-state index is 13.9. The summed E-state index contributed by atoms with van der Waals surface area (Å²) in [6, 6.07) is 4.98. The summed E-state index contributed by atoms with van der Waals surface area (Å²) >= 11 is 0. The molecule has 2 aliphatic heterocycles. The van der Waals surface area contributed by atoms with Crippen molar-refractivity contribution in [3.8, 4) is 0 Å². The Morgan fingerprint density at radius 3 is 2.96 bits per heavy atom. The Hall–Kier alpha value is -2.21. The standard InChI is InChI=1S/C18H21FN4O/c1-11-13(10-21-22(11)2)14-8-20-9-15(14)18(24)23-7-6-12-16(19)4-3-5-17(12)23/h3-5,10,14-15,20H,6-9H2,1-2H3/t14-,15+/m1/s1. The van der Waals surface area contributed by atoms with Crippen molar-refractivity contribution < 1.29 is 9.18 Å². The van der Waals surface area contributed by atoms with Crippen molar-refractivity contribution in [2.45, 2.75) is 19.3 Å². The van der Waals surface area contributed by atoms with Gasteiger partial charge in [0.1, 0.15) is 5.82 Å². The van der Waals surface area contributed by atoms with Crippen LogP contribution in [-0.4, -0.2) is 35.3 Å². The third kappa shape index (κ3) is 2.24. The van der Waals surface area contributed by atoms with Crippen LogP contribution in [0.15, 0.2) is 24.4 Å². The molecule has 5 nitrogen and oxygen atoms in total. The smallest absolute Gasteiger partial charge is 0.232 e. The van der Waals surface area contributed by atoms with E-state index in [-0.39, 0.29) is 23.6 Å². The fraction of sp³-hybridized carbons (Fsp3) is 0.444. The van der Waals surface area contributed by atoms with Crippen LogP contribution in [0.3, 0.4) is 0 Å². The van der Waals surface area contributed by atoms with Crippen molar-refractivity contribution >= 4 is 11.6 Å². The number of hydrogen-bond acceptors (Lipinski definition) is 3. The van der Waals surface area contributed by atoms with Gasteiger partial charge in [-0.15, -0.1) is 0 Å². The molecule has 1 N–H and O–H groups in total. The Labute approximate surface area is 140 Å². The fourth-order valence-corrected chi connectivity index (χ4v) is 3.97. The molecule has 0 aliphatic carbocycles. The SMILES string of the molecule is Cc1c([C@H]2CNC[C@@H]2C(=O)N2CCc3c(F)cccc32)cnn1C. The average molecular weight is 328 g/mol. The molecule has 2 aromatic rings. The maximum Gasteiger partial charge on any atom is 0.232 e. The van der Waals surface area contributed by atoms with E-state index >= 15 is 0 Å². The van der Waals surface area contributed by atoms with Crippen LogP contribution in [0.5, 0.6) is 0 Å². The highest BCUT2D eigenvalue weighted by atomic mass is 19.1. The molecule has 0 radical (unpaired) electrons. The normalized spacial score (nSPS) is 22.9. The first kappa shape index (κ1) is 15.3. The van der Waals surface area contributed by atoms with Gasteiger partial charge in [-0.3, -0.25) is 9.48 Å². The van der Waals surface area contributed by atoms with Gasteiger partial charge in [0, 0.05) is 49.5 Å². The number of fused-ring (bicyclic) bond motifs is 1. The molecular formula is C18H21FN4O. The molecule has 3 heterocycles. The molecule has 2 atom stereocenters. The monoisotopic (exact) mass is 328 g/mol. The van der Waals surface area contributed by atoms with Gasteiger partial charge in [-0.1, -0.05) is 6.07 Å². The summed E-state index contributed by atoms with van der Waals surface area (Å²) in [5.41, 5.74) is 3.60. The van der Waals surface area contributed by atoms with Crippen molar-refractivity contribution in [1.82, 2.24) is 15.1 Å². The van der Waals surface area contributed by atoms with Crippen molar-refractivity contribution in [2.75, 3.05) is 24.5 Å². The highest BCUT2D eigenvalue weighted by molar-refractivity contribution is 5.98. The summed E-state index contributed by atoms with van der Waals surface area (Å²) in [5, 5.41) is 7.65. The third-order valence-electron chi connectivity index (χ3n) is 5.44. The zero-order valence-electron chi connectivity index (χ0n) is 13.9. The number of carbonyl (C=O) groups excluding carboxylic acids is 1. The minimum atomic E-state index is -0.216. The van der Waals surface area contributed by atoms with Crippen LogP contribution in [0.25, 0.3) is 0 Å². The largest absolute Gasteiger partial charge is 0.315 e. The van der Waals surface area contributed by atoms with Gasteiger partial charge in [-0.05, 0) is 31.0 Å². The number of hydrogen-bond donors (Lipinski definition) is 1. The minimum Gasteiger partial charge on any atom is -0.315 e. The molecule has 126 valence electrons. The van der Waals surface area contributed by atoms with E-state index in [0.29, 0.717) is 25.1 Å². The molecule has 6 heteroatoms. The van der Waals surface area contributed by atoms with Crippen LogP contribution in [0.1, 0.15) is 22.7 Å². The van der Waals surface area contributed by atoms with Crippen LogP contribution in [0.4, 0.5) is 10.1 Å². The van der Waals surface area contributed by atoms with Gasteiger partial charge in [0.05, 0.1) is 12.1 Å². The summed E-state index contributed by atoms with van der Waals surface area (Å²) in [6.45, 7) is 4.01. The van der Waals surface area contributed by atoms with Crippen molar-refractivity contribution in [3.63, 3.8) is 0 Å². The van der Waals surface area contributed by atoms with E-state index in [4.69, 9.17) is 0 Å². The van der Waals surface area contributed by atoms with E-state index in [1.807, 2.05) is 30.9 Å². The van der Waals surface area contributed by atoms with Crippen molar-refractivity contribution in [1.29, 1.82) is 0 Å². The number of carbonyl (C=O) groups is 1. The second-order valence-electron chi connectivity index (χ2n) is 6.66. The summed E-state index contributed by atoms with van der Waals surface area (Å²) < 4.78 is 15.8. The lowest BCUT2D eigenvalue weighted by Crippen LogP contribution is -2.37. The van der Waals surface area contributed by atoms with E-state index in [1.165, 1.54) is 6.07 Å². The third-order valence-corrected chi connectivity index (χ3v) is 5.44. The zero-order valence-corrected chi connectivity index (χ0v) is 13.9. The molecule has 1 aromatic carbocycles. The number of aryl methyl sites for hydroxylation is 1. The molecule has 0 unspecified atom stereocenters. The Balaban J connectivity index is 1.63. The van der Waals surface area contributed by atoms with Crippen LogP contribution in [0, 0.1) is 18.7 Å². The second-order valence-corrected chi connectivity index (χ2v) is 6.66. The Kier molecular flexibility index (Phi) is 3.64. The topological polar surface area (TPSA) is 50.2 Å². The molecule has 1 saturated heterocycles. The Morgan fingerprint density at radius 2 is 2.21 bits per heavy atom. The first-order valence-corrected chi connectivity index (χ1v) is 8.36. The van der Waals surface area contributed by atoms with Crippen LogP contribution >= 0.6 is 0 Å². The Morgan fingerprint density at radius 1 is 1.38 bits per heavy atom. The molecule has 0 spiro atoms. The number of anilines is 1. The summed E-state index contributed by atoms with van der Waals surface area (Å²) in [4.78, 5) is 14.9. The lowest BCUT2D eigenvalue weighted by Gasteiger charge is -2.25. The molecule has 4 rings (SSSR count). The minimum absolute atomic E-state index is 0.0811. The molecule has 1 aromatic heterocycles. The first-order chi connectivity index (χ1) is 11.6. The number of nitrogens with one attached hydrogen (secondary N) is 1. The number of amides is 1. The number of nitrogens with zero attached hydrogens (tertiary/aromatic N) is 3. The van der Waals surface area contributed by atoms with Gasteiger partial charge in [-0.2, -0.15) is 5.10 Å². The van der Waals surface area contributed by atoms with E-state index in [1.54, 1.807) is 11.0 Å². The van der Waals surface area contributed by atoms with Crippen molar-refractivity contribution in [2.24, 2.45) is 13.0 Å². The average Bonchev–Trinajstić information content (AvgIpc) is 3.27. The lowest BCUT2D eigenvalue weighted by molar-refractivity contribution is -0.122. The molecule has 0 bridgehead atoms. The van der Waals surface area contributed by atoms with E-state index in [9.17, 15) is 9.18 Å². The van der Waals surface area contributed by atoms with Gasteiger partial charge in [0.25, 0.3) is 0 Å². The van der Waals surface area contributed by atoms with Crippen molar-refractivity contribution in [3.05, 3.63) is 47.0 Å². The first-order valence-electron chi connectivity index (χ1n) is 8.36. The quantitative estimate of drug-likeness (QED) is 0.914. The van der Waals surface area contributed by atoms with E-state index in [0.717, 1.165) is 23.5 Å². The van der Waals surface area contributed by atoms with E-state index < -0.39 is 0 Å². The molecule has 0 saturated carbocycles. The predicted octanol–water partition coefficient (Wildman–Crippen LogP) is 1.76. The van der Waals surface area contributed by atoms with E-state index in [2.05, 4.69) is 10.4 Å². The molecule has 1 fully saturated rings. The lowest BCUT2D eigenvalue weighted by atomic mass is 9.88.